The minimum atomic E-state index is -1.22. The Morgan fingerprint density at radius 1 is 1.00 bits per heavy atom. The fourth-order valence-electron chi connectivity index (χ4n) is 5.35. The first kappa shape index (κ1) is 30.6. The van der Waals surface area contributed by atoms with E-state index < -0.39 is 30.1 Å². The average molecular weight is 592 g/mol. The van der Waals surface area contributed by atoms with Crippen LogP contribution in [0.5, 0.6) is 5.75 Å². The predicted octanol–water partition coefficient (Wildman–Crippen LogP) is 5.09. The molecular formula is C32H34ClN3O6. The van der Waals surface area contributed by atoms with E-state index in [-0.39, 0.29) is 40.5 Å². The monoisotopic (exact) mass is 591 g/mol. The van der Waals surface area contributed by atoms with Crippen LogP contribution in [-0.4, -0.2) is 50.9 Å². The van der Waals surface area contributed by atoms with Crippen LogP contribution in [0.3, 0.4) is 0 Å². The molecule has 1 saturated heterocycles. The number of aromatic hydroxyl groups is 1. The van der Waals surface area contributed by atoms with E-state index in [9.17, 15) is 29.4 Å². The second-order valence-electron chi connectivity index (χ2n) is 10.9. The number of aliphatic carboxylic acids is 1. The van der Waals surface area contributed by atoms with Crippen LogP contribution in [0.4, 0.5) is 5.69 Å². The van der Waals surface area contributed by atoms with Crippen LogP contribution in [0, 0.1) is 12.8 Å². The predicted molar refractivity (Wildman–Crippen MR) is 159 cm³/mol. The van der Waals surface area contributed by atoms with Crippen molar-refractivity contribution in [2.24, 2.45) is 5.92 Å². The number of phenolic OH excluding ortho intramolecular Hbond substituents is 1. The van der Waals surface area contributed by atoms with Crippen LogP contribution in [0.15, 0.2) is 66.7 Å². The Balaban J connectivity index is 1.63. The van der Waals surface area contributed by atoms with Crippen molar-refractivity contribution < 1.29 is 29.4 Å². The minimum absolute atomic E-state index is 0.00423. The van der Waals surface area contributed by atoms with E-state index in [0.29, 0.717) is 28.8 Å². The van der Waals surface area contributed by atoms with Crippen LogP contribution in [0.2, 0.25) is 5.02 Å². The van der Waals surface area contributed by atoms with Gasteiger partial charge in [0, 0.05) is 19.0 Å². The third-order valence-electron chi connectivity index (χ3n) is 7.32. The lowest BCUT2D eigenvalue weighted by molar-refractivity contribution is -0.139. The van der Waals surface area contributed by atoms with Crippen LogP contribution >= 0.6 is 11.6 Å². The fourth-order valence-corrected chi connectivity index (χ4v) is 5.66. The number of carbonyl (C=O) groups is 4. The first-order chi connectivity index (χ1) is 19.9. The molecule has 3 amide bonds. The molecule has 3 atom stereocenters. The van der Waals surface area contributed by atoms with Crippen molar-refractivity contribution in [2.45, 2.75) is 58.8 Å². The number of benzene rings is 3. The number of carboxylic acids is 1. The van der Waals surface area contributed by atoms with Crippen LogP contribution < -0.4 is 10.2 Å². The summed E-state index contributed by atoms with van der Waals surface area (Å²) >= 11 is 6.19. The molecule has 3 unspecified atom stereocenters. The number of hydrogen-bond donors (Lipinski definition) is 3. The van der Waals surface area contributed by atoms with Gasteiger partial charge in [0.05, 0.1) is 10.6 Å². The summed E-state index contributed by atoms with van der Waals surface area (Å²) in [4.78, 5) is 54.8. The van der Waals surface area contributed by atoms with Crippen LogP contribution in [0.1, 0.15) is 60.4 Å². The van der Waals surface area contributed by atoms with Crippen molar-refractivity contribution in [3.05, 3.63) is 94.0 Å². The number of anilines is 1. The second-order valence-corrected chi connectivity index (χ2v) is 11.3. The van der Waals surface area contributed by atoms with Gasteiger partial charge in [-0.1, -0.05) is 61.8 Å². The zero-order valence-electron chi connectivity index (χ0n) is 23.9. The van der Waals surface area contributed by atoms with Gasteiger partial charge >= 0.3 is 5.97 Å². The highest BCUT2D eigenvalue weighted by molar-refractivity contribution is 6.34. The molecule has 1 fully saturated rings. The molecule has 3 aromatic rings. The molecule has 42 heavy (non-hydrogen) atoms. The molecule has 0 aromatic heterocycles. The summed E-state index contributed by atoms with van der Waals surface area (Å²) < 4.78 is 0. The molecular weight excluding hydrogens is 558 g/mol. The van der Waals surface area contributed by atoms with E-state index in [0.717, 1.165) is 0 Å². The van der Waals surface area contributed by atoms with E-state index in [1.165, 1.54) is 19.1 Å². The Morgan fingerprint density at radius 3 is 2.19 bits per heavy atom. The highest BCUT2D eigenvalue weighted by atomic mass is 35.5. The van der Waals surface area contributed by atoms with Crippen molar-refractivity contribution in [1.29, 1.82) is 0 Å². The normalized spacial score (nSPS) is 17.4. The highest BCUT2D eigenvalue weighted by Crippen LogP contribution is 2.40. The number of aryl methyl sites for hydroxylation is 1. The number of carbonyl (C=O) groups excluding carboxylic acids is 3. The summed E-state index contributed by atoms with van der Waals surface area (Å²) in [7, 11) is 0. The van der Waals surface area contributed by atoms with Gasteiger partial charge in [-0.3, -0.25) is 19.3 Å². The topological polar surface area (TPSA) is 127 Å². The molecule has 9 nitrogen and oxygen atoms in total. The van der Waals surface area contributed by atoms with Crippen LogP contribution in [-0.2, 0) is 20.8 Å². The van der Waals surface area contributed by atoms with Crippen LogP contribution in [0.25, 0.3) is 0 Å². The Bertz CT molecular complexity index is 1470. The van der Waals surface area contributed by atoms with Gasteiger partial charge in [-0.15, -0.1) is 0 Å². The van der Waals surface area contributed by atoms with E-state index in [4.69, 9.17) is 11.6 Å². The molecule has 1 heterocycles. The van der Waals surface area contributed by atoms with Crippen molar-refractivity contribution in [3.8, 4) is 5.75 Å². The number of amides is 3. The first-order valence-electron chi connectivity index (χ1n) is 13.7. The molecule has 3 N–H and O–H groups in total. The molecule has 220 valence electrons. The lowest BCUT2D eigenvalue weighted by Gasteiger charge is -2.31. The molecule has 10 heteroatoms. The van der Waals surface area contributed by atoms with Crippen molar-refractivity contribution in [3.63, 3.8) is 0 Å². The van der Waals surface area contributed by atoms with Gasteiger partial charge in [0.2, 0.25) is 5.91 Å². The minimum Gasteiger partial charge on any atom is -0.508 e. The van der Waals surface area contributed by atoms with Gasteiger partial charge in [-0.25, -0.2) is 4.79 Å². The summed E-state index contributed by atoms with van der Waals surface area (Å²) in [5, 5.41) is 22.5. The molecule has 0 bridgehead atoms. The summed E-state index contributed by atoms with van der Waals surface area (Å²) in [5.41, 5.74) is 2.66. The number of hydrogen-bond acceptors (Lipinski definition) is 5. The number of nitrogens with one attached hydrogen (secondary N) is 1. The fraction of sp³-hybridized carbons (Fsp3) is 0.312. The lowest BCUT2D eigenvalue weighted by atomic mass is 10.0. The number of carboxylic acid groups (broad SMARTS) is 1. The van der Waals surface area contributed by atoms with Crippen molar-refractivity contribution >= 4 is 41.0 Å². The Morgan fingerprint density at radius 2 is 1.64 bits per heavy atom. The zero-order chi connectivity index (χ0) is 30.7. The number of halogens is 1. The Kier molecular flexibility index (Phi) is 9.21. The molecule has 0 spiro atoms. The second kappa shape index (κ2) is 12.7. The van der Waals surface area contributed by atoms with E-state index in [1.54, 1.807) is 71.3 Å². The molecule has 4 rings (SSSR count). The maximum Gasteiger partial charge on any atom is 0.326 e. The zero-order valence-corrected chi connectivity index (χ0v) is 24.6. The summed E-state index contributed by atoms with van der Waals surface area (Å²) in [6.07, 6.45) is -0.252. The van der Waals surface area contributed by atoms with Gasteiger partial charge in [0.25, 0.3) is 11.8 Å². The van der Waals surface area contributed by atoms with Gasteiger partial charge in [0.15, 0.2) is 0 Å². The largest absolute Gasteiger partial charge is 0.508 e. The summed E-state index contributed by atoms with van der Waals surface area (Å²) in [5.74, 6) is -2.04. The van der Waals surface area contributed by atoms with Gasteiger partial charge in [0.1, 0.15) is 24.0 Å². The van der Waals surface area contributed by atoms with Gasteiger partial charge < -0.3 is 20.4 Å². The maximum absolute atomic E-state index is 13.8. The quantitative estimate of drug-likeness (QED) is 0.318. The number of nitrogens with zero attached hydrogens (tertiary/aromatic N) is 2. The van der Waals surface area contributed by atoms with Crippen molar-refractivity contribution in [2.75, 3.05) is 4.90 Å². The Hall–Kier alpha value is -4.37. The maximum atomic E-state index is 13.8. The molecule has 3 aromatic carbocycles. The van der Waals surface area contributed by atoms with E-state index in [1.807, 2.05) is 13.8 Å². The Labute approximate surface area is 249 Å². The third-order valence-corrected chi connectivity index (χ3v) is 7.64. The number of rotatable bonds is 9. The standard InChI is InChI=1S/C32H34ClN3O6/c1-18(2)16-27-31(40)36(30(35(27)20(4)37)22-10-14-24(38)15-11-22)23-12-8-21(9-13-23)17-26(32(41)42)34-29(39)28-19(3)6-5-7-25(28)33/h5-15,18,26-27,30,38H,16-17H2,1-4H3,(H,34,39)(H,41,42). The molecule has 1 aliphatic heterocycles. The molecule has 0 saturated carbocycles. The SMILES string of the molecule is CC(=O)N1C(CC(C)C)C(=O)N(c2ccc(CC(NC(=O)c3c(C)cccc3Cl)C(=O)O)cc2)C1c1ccc(O)cc1. The first-order valence-corrected chi connectivity index (χ1v) is 14.1. The van der Waals surface area contributed by atoms with Gasteiger partial charge in [-0.2, -0.15) is 0 Å². The molecule has 0 aliphatic carbocycles. The lowest BCUT2D eigenvalue weighted by Crippen LogP contribution is -2.42. The summed E-state index contributed by atoms with van der Waals surface area (Å²) in [6.45, 7) is 7.14. The van der Waals surface area contributed by atoms with Crippen molar-refractivity contribution in [1.82, 2.24) is 10.2 Å². The molecule has 1 aliphatic rings. The average Bonchev–Trinajstić information content (AvgIpc) is 3.20. The summed E-state index contributed by atoms with van der Waals surface area (Å²) in [6, 6.07) is 16.3. The third kappa shape index (κ3) is 6.41. The smallest absolute Gasteiger partial charge is 0.326 e. The number of phenols is 1. The van der Waals surface area contributed by atoms with Gasteiger partial charge in [-0.05, 0) is 66.3 Å². The van der Waals surface area contributed by atoms with E-state index in [2.05, 4.69) is 5.32 Å². The highest BCUT2D eigenvalue weighted by Gasteiger charge is 2.48. The van der Waals surface area contributed by atoms with E-state index >= 15 is 0 Å². The molecule has 0 radical (unpaired) electrons.